The largest absolute Gasteiger partial charge is 0.338 e. The van der Waals surface area contributed by atoms with Gasteiger partial charge in [-0.2, -0.15) is 10.1 Å². The van der Waals surface area contributed by atoms with Crippen LogP contribution in [0.1, 0.15) is 18.7 Å². The standard InChI is InChI=1S/C17H19ClN6O/c18-15-5-3-14(4-6-15)17-21-16(25-22-17)10-23-7-1-2-13(8-23)9-24-12-19-11-20-24/h3-6,11-13H,1-2,7-10H2/t13-/m1/s1. The average Bonchev–Trinajstić information content (AvgIpc) is 3.28. The molecule has 130 valence electrons. The summed E-state index contributed by atoms with van der Waals surface area (Å²) in [6.45, 7) is 3.62. The van der Waals surface area contributed by atoms with Crippen LogP contribution >= 0.6 is 11.6 Å². The first-order valence-electron chi connectivity index (χ1n) is 8.39. The molecule has 0 aliphatic carbocycles. The maximum absolute atomic E-state index is 5.92. The summed E-state index contributed by atoms with van der Waals surface area (Å²) < 4.78 is 7.33. The lowest BCUT2D eigenvalue weighted by atomic mass is 9.98. The molecule has 0 saturated carbocycles. The third-order valence-corrected chi connectivity index (χ3v) is 4.70. The molecule has 1 saturated heterocycles. The Kier molecular flexibility index (Phi) is 4.76. The van der Waals surface area contributed by atoms with Crippen LogP contribution < -0.4 is 0 Å². The van der Waals surface area contributed by atoms with Gasteiger partial charge in [-0.25, -0.2) is 4.98 Å². The second-order valence-electron chi connectivity index (χ2n) is 6.38. The third kappa shape index (κ3) is 4.05. The Morgan fingerprint density at radius 2 is 2.12 bits per heavy atom. The molecule has 25 heavy (non-hydrogen) atoms. The van der Waals surface area contributed by atoms with Crippen LogP contribution in [-0.4, -0.2) is 42.9 Å². The molecule has 3 heterocycles. The molecule has 3 aromatic rings. The Balaban J connectivity index is 1.37. The van der Waals surface area contributed by atoms with E-state index in [4.69, 9.17) is 16.1 Å². The summed E-state index contributed by atoms with van der Waals surface area (Å²) in [5, 5.41) is 8.98. The van der Waals surface area contributed by atoms with Gasteiger partial charge in [0.05, 0.1) is 6.54 Å². The first-order valence-corrected chi connectivity index (χ1v) is 8.77. The van der Waals surface area contributed by atoms with Crippen LogP contribution in [0.4, 0.5) is 0 Å². The van der Waals surface area contributed by atoms with Crippen molar-refractivity contribution in [3.05, 3.63) is 47.8 Å². The van der Waals surface area contributed by atoms with E-state index in [1.165, 1.54) is 6.42 Å². The minimum atomic E-state index is 0.564. The van der Waals surface area contributed by atoms with E-state index in [2.05, 4.69) is 25.1 Å². The molecule has 1 aromatic carbocycles. The zero-order valence-electron chi connectivity index (χ0n) is 13.8. The summed E-state index contributed by atoms with van der Waals surface area (Å²) in [4.78, 5) is 10.9. The van der Waals surface area contributed by atoms with E-state index >= 15 is 0 Å². The van der Waals surface area contributed by atoms with Gasteiger partial charge in [-0.15, -0.1) is 0 Å². The molecule has 1 aliphatic heterocycles. The molecule has 7 nitrogen and oxygen atoms in total. The van der Waals surface area contributed by atoms with Gasteiger partial charge in [0.25, 0.3) is 0 Å². The quantitative estimate of drug-likeness (QED) is 0.698. The highest BCUT2D eigenvalue weighted by molar-refractivity contribution is 6.30. The maximum atomic E-state index is 5.92. The van der Waals surface area contributed by atoms with Crippen LogP contribution in [0.2, 0.25) is 5.02 Å². The first-order chi connectivity index (χ1) is 12.3. The minimum Gasteiger partial charge on any atom is -0.338 e. The molecular formula is C17H19ClN6O. The van der Waals surface area contributed by atoms with Gasteiger partial charge in [-0.1, -0.05) is 16.8 Å². The number of benzene rings is 1. The van der Waals surface area contributed by atoms with Gasteiger partial charge in [-0.3, -0.25) is 9.58 Å². The summed E-state index contributed by atoms with van der Waals surface area (Å²) in [6, 6.07) is 7.44. The van der Waals surface area contributed by atoms with E-state index in [1.54, 1.807) is 12.7 Å². The molecule has 8 heteroatoms. The Morgan fingerprint density at radius 1 is 1.24 bits per heavy atom. The number of nitrogens with zero attached hydrogens (tertiary/aromatic N) is 6. The van der Waals surface area contributed by atoms with Crippen LogP contribution in [0.3, 0.4) is 0 Å². The zero-order valence-corrected chi connectivity index (χ0v) is 14.5. The average molecular weight is 359 g/mol. The highest BCUT2D eigenvalue weighted by Gasteiger charge is 2.22. The van der Waals surface area contributed by atoms with Crippen molar-refractivity contribution in [2.45, 2.75) is 25.9 Å². The number of piperidine rings is 1. The van der Waals surface area contributed by atoms with E-state index in [0.717, 1.165) is 31.6 Å². The van der Waals surface area contributed by atoms with Gasteiger partial charge >= 0.3 is 0 Å². The number of hydrogen-bond donors (Lipinski definition) is 0. The predicted octanol–water partition coefficient (Wildman–Crippen LogP) is 2.89. The van der Waals surface area contributed by atoms with Gasteiger partial charge in [0.1, 0.15) is 12.7 Å². The number of rotatable bonds is 5. The van der Waals surface area contributed by atoms with Gasteiger partial charge in [0.2, 0.25) is 11.7 Å². The van der Waals surface area contributed by atoms with Crippen LogP contribution in [0.5, 0.6) is 0 Å². The zero-order chi connectivity index (χ0) is 17.1. The summed E-state index contributed by atoms with van der Waals surface area (Å²) in [7, 11) is 0. The van der Waals surface area contributed by atoms with Crippen LogP contribution in [0.25, 0.3) is 11.4 Å². The van der Waals surface area contributed by atoms with Crippen molar-refractivity contribution >= 4 is 11.6 Å². The lowest BCUT2D eigenvalue weighted by Gasteiger charge is -2.31. The molecule has 0 unspecified atom stereocenters. The summed E-state index contributed by atoms with van der Waals surface area (Å²) in [5.41, 5.74) is 0.905. The lowest BCUT2D eigenvalue weighted by Crippen LogP contribution is -2.36. The first kappa shape index (κ1) is 16.2. The van der Waals surface area contributed by atoms with Crippen molar-refractivity contribution in [1.82, 2.24) is 29.8 Å². The second kappa shape index (κ2) is 7.33. The van der Waals surface area contributed by atoms with Crippen molar-refractivity contribution in [1.29, 1.82) is 0 Å². The maximum Gasteiger partial charge on any atom is 0.241 e. The summed E-state index contributed by atoms with van der Waals surface area (Å²) in [5.74, 6) is 1.81. The normalized spacial score (nSPS) is 18.5. The molecular weight excluding hydrogens is 340 g/mol. The fourth-order valence-electron chi connectivity index (χ4n) is 3.26. The Morgan fingerprint density at radius 3 is 2.92 bits per heavy atom. The number of likely N-dealkylation sites (tertiary alicyclic amines) is 1. The third-order valence-electron chi connectivity index (χ3n) is 4.44. The Labute approximate surface area is 150 Å². The van der Waals surface area contributed by atoms with E-state index in [-0.39, 0.29) is 0 Å². The Bertz CT molecular complexity index is 801. The van der Waals surface area contributed by atoms with E-state index in [0.29, 0.717) is 29.2 Å². The highest BCUT2D eigenvalue weighted by atomic mass is 35.5. The molecule has 1 fully saturated rings. The molecule has 1 atom stereocenters. The molecule has 4 rings (SSSR count). The highest BCUT2D eigenvalue weighted by Crippen LogP contribution is 2.22. The summed E-state index contributed by atoms with van der Waals surface area (Å²) >= 11 is 5.92. The topological polar surface area (TPSA) is 72.9 Å². The van der Waals surface area contributed by atoms with Gasteiger partial charge in [0, 0.05) is 23.7 Å². The summed E-state index contributed by atoms with van der Waals surface area (Å²) in [6.07, 6.45) is 5.72. The van der Waals surface area contributed by atoms with Crippen molar-refractivity contribution in [3.63, 3.8) is 0 Å². The number of hydrogen-bond acceptors (Lipinski definition) is 6. The van der Waals surface area contributed by atoms with Gasteiger partial charge in [-0.05, 0) is 49.6 Å². The van der Waals surface area contributed by atoms with Crippen LogP contribution in [-0.2, 0) is 13.1 Å². The van der Waals surface area contributed by atoms with E-state index in [9.17, 15) is 0 Å². The van der Waals surface area contributed by atoms with Gasteiger partial charge in [0.15, 0.2) is 0 Å². The van der Waals surface area contributed by atoms with Crippen molar-refractivity contribution in [2.24, 2.45) is 5.92 Å². The monoisotopic (exact) mass is 358 g/mol. The molecule has 0 bridgehead atoms. The smallest absolute Gasteiger partial charge is 0.241 e. The second-order valence-corrected chi connectivity index (χ2v) is 6.82. The molecule has 0 radical (unpaired) electrons. The van der Waals surface area contributed by atoms with Crippen molar-refractivity contribution < 1.29 is 4.52 Å². The van der Waals surface area contributed by atoms with Crippen LogP contribution in [0, 0.1) is 5.92 Å². The number of halogens is 1. The van der Waals surface area contributed by atoms with E-state index < -0.39 is 0 Å². The molecule has 1 aliphatic rings. The SMILES string of the molecule is Clc1ccc(-c2noc(CN3CCC[C@@H](Cn4cncn4)C3)n2)cc1. The molecule has 0 spiro atoms. The fourth-order valence-corrected chi connectivity index (χ4v) is 3.39. The van der Waals surface area contributed by atoms with Crippen LogP contribution in [0.15, 0.2) is 41.4 Å². The lowest BCUT2D eigenvalue weighted by molar-refractivity contribution is 0.138. The minimum absolute atomic E-state index is 0.564. The number of aromatic nitrogens is 5. The van der Waals surface area contributed by atoms with Crippen molar-refractivity contribution in [3.8, 4) is 11.4 Å². The Hall–Kier alpha value is -2.25. The molecule has 0 N–H and O–H groups in total. The molecule has 0 amide bonds. The van der Waals surface area contributed by atoms with Crippen molar-refractivity contribution in [2.75, 3.05) is 13.1 Å². The molecule has 2 aromatic heterocycles. The fraction of sp³-hybridized carbons (Fsp3) is 0.412. The van der Waals surface area contributed by atoms with Gasteiger partial charge < -0.3 is 4.52 Å². The van der Waals surface area contributed by atoms with E-state index in [1.807, 2.05) is 28.9 Å². The predicted molar refractivity (Wildman–Crippen MR) is 92.8 cm³/mol.